The predicted molar refractivity (Wildman–Crippen MR) is 118 cm³/mol. The first-order valence-electron chi connectivity index (χ1n) is 8.71. The molecule has 0 aliphatic heterocycles. The van der Waals surface area contributed by atoms with E-state index in [2.05, 4.69) is 9.97 Å². The number of nitrogens with zero attached hydrogens (tertiary/aromatic N) is 4. The fourth-order valence-corrected chi connectivity index (χ4v) is 5.25. The molecular formula is C20H13ClN4O2S2. The lowest BCUT2D eigenvalue weighted by atomic mass is 10.2. The van der Waals surface area contributed by atoms with Crippen LogP contribution in [0.5, 0.6) is 0 Å². The van der Waals surface area contributed by atoms with Crippen molar-refractivity contribution in [2.75, 3.05) is 0 Å². The van der Waals surface area contributed by atoms with Gasteiger partial charge < -0.3 is 0 Å². The molecule has 4 heterocycles. The van der Waals surface area contributed by atoms with Gasteiger partial charge in [-0.25, -0.2) is 9.97 Å². The highest BCUT2D eigenvalue weighted by Gasteiger charge is 2.12. The number of hydrogen-bond acceptors (Lipinski definition) is 6. The SMILES string of the molecule is Cc1csc2nc(Cn3cnc4cc(-c5ccc(Cl)cc5)sc4c3=O)cc(=O)n12. The molecule has 5 rings (SSSR count). The Balaban J connectivity index is 1.56. The van der Waals surface area contributed by atoms with E-state index < -0.39 is 0 Å². The standard InChI is InChI=1S/C20H13ClN4O2S2/c1-11-9-28-20-23-14(6-17(26)25(11)20)8-24-10-22-15-7-16(29-18(15)19(24)27)12-2-4-13(21)5-3-12/h2-7,9-10H,8H2,1H3. The van der Waals surface area contributed by atoms with Crippen LogP contribution in [0.4, 0.5) is 0 Å². The van der Waals surface area contributed by atoms with E-state index in [4.69, 9.17) is 11.6 Å². The zero-order valence-corrected chi connectivity index (χ0v) is 17.5. The number of benzene rings is 1. The van der Waals surface area contributed by atoms with E-state index in [1.54, 1.807) is 4.40 Å². The number of thiophene rings is 1. The van der Waals surface area contributed by atoms with Crippen LogP contribution in [0.15, 0.2) is 57.7 Å². The zero-order chi connectivity index (χ0) is 20.1. The highest BCUT2D eigenvalue weighted by atomic mass is 35.5. The first kappa shape index (κ1) is 18.2. The third kappa shape index (κ3) is 3.19. The minimum Gasteiger partial charge on any atom is -0.292 e. The summed E-state index contributed by atoms with van der Waals surface area (Å²) in [6.45, 7) is 2.06. The molecule has 0 amide bonds. The van der Waals surface area contributed by atoms with Crippen LogP contribution in [-0.4, -0.2) is 18.9 Å². The number of aryl methyl sites for hydroxylation is 1. The average Bonchev–Trinajstić information content (AvgIpc) is 3.29. The van der Waals surface area contributed by atoms with Gasteiger partial charge in [0.1, 0.15) is 4.70 Å². The van der Waals surface area contributed by atoms with Gasteiger partial charge in [-0.1, -0.05) is 23.7 Å². The van der Waals surface area contributed by atoms with Crippen molar-refractivity contribution in [3.8, 4) is 10.4 Å². The summed E-state index contributed by atoms with van der Waals surface area (Å²) in [5.74, 6) is 0. The molecule has 6 nitrogen and oxygen atoms in total. The molecule has 0 radical (unpaired) electrons. The largest absolute Gasteiger partial charge is 0.292 e. The van der Waals surface area contributed by atoms with Crippen LogP contribution >= 0.6 is 34.3 Å². The van der Waals surface area contributed by atoms with Gasteiger partial charge >= 0.3 is 0 Å². The summed E-state index contributed by atoms with van der Waals surface area (Å²) in [7, 11) is 0. The maximum absolute atomic E-state index is 13.0. The normalized spacial score (nSPS) is 11.5. The van der Waals surface area contributed by atoms with Crippen LogP contribution in [0.1, 0.15) is 11.4 Å². The van der Waals surface area contributed by atoms with Gasteiger partial charge in [-0.2, -0.15) is 0 Å². The van der Waals surface area contributed by atoms with Crippen molar-refractivity contribution in [1.29, 1.82) is 0 Å². The molecule has 4 aromatic heterocycles. The maximum Gasteiger partial charge on any atom is 0.271 e. The summed E-state index contributed by atoms with van der Waals surface area (Å²) in [5, 5.41) is 2.55. The summed E-state index contributed by atoms with van der Waals surface area (Å²) in [6, 6.07) is 10.8. The van der Waals surface area contributed by atoms with E-state index in [-0.39, 0.29) is 17.7 Å². The molecular weight excluding hydrogens is 428 g/mol. The van der Waals surface area contributed by atoms with Gasteiger partial charge in [-0.3, -0.25) is 18.6 Å². The second kappa shape index (κ2) is 6.91. The van der Waals surface area contributed by atoms with Crippen molar-refractivity contribution >= 4 is 49.5 Å². The lowest BCUT2D eigenvalue weighted by molar-refractivity contribution is 0.728. The van der Waals surface area contributed by atoms with Crippen molar-refractivity contribution in [3.63, 3.8) is 0 Å². The summed E-state index contributed by atoms with van der Waals surface area (Å²) >= 11 is 8.75. The topological polar surface area (TPSA) is 69.3 Å². The van der Waals surface area contributed by atoms with Crippen molar-refractivity contribution in [1.82, 2.24) is 18.9 Å². The third-order valence-corrected chi connectivity index (χ3v) is 6.95. The Morgan fingerprint density at radius 3 is 2.72 bits per heavy atom. The molecule has 0 aliphatic carbocycles. The van der Waals surface area contributed by atoms with Crippen LogP contribution in [0.25, 0.3) is 25.6 Å². The Kier molecular flexibility index (Phi) is 4.34. The second-order valence-electron chi connectivity index (χ2n) is 6.59. The van der Waals surface area contributed by atoms with Crippen molar-refractivity contribution in [2.24, 2.45) is 0 Å². The maximum atomic E-state index is 13.0. The van der Waals surface area contributed by atoms with Gasteiger partial charge in [0.25, 0.3) is 11.1 Å². The molecule has 0 saturated carbocycles. The van der Waals surface area contributed by atoms with E-state index >= 15 is 0 Å². The number of fused-ring (bicyclic) bond motifs is 2. The highest BCUT2D eigenvalue weighted by Crippen LogP contribution is 2.31. The molecule has 0 N–H and O–H groups in total. The first-order valence-corrected chi connectivity index (χ1v) is 10.8. The smallest absolute Gasteiger partial charge is 0.271 e. The Hall–Kier alpha value is -2.81. The van der Waals surface area contributed by atoms with E-state index in [0.29, 0.717) is 25.9 Å². The minimum absolute atomic E-state index is 0.146. The Labute approximate surface area is 177 Å². The number of thiazole rings is 1. The van der Waals surface area contributed by atoms with E-state index in [1.807, 2.05) is 42.6 Å². The molecule has 0 unspecified atom stereocenters. The molecule has 0 fully saturated rings. The quantitative estimate of drug-likeness (QED) is 0.421. The number of aromatic nitrogens is 4. The van der Waals surface area contributed by atoms with Gasteiger partial charge in [0, 0.05) is 27.0 Å². The van der Waals surface area contributed by atoms with Gasteiger partial charge in [-0.05, 0) is 30.7 Å². The van der Waals surface area contributed by atoms with Crippen molar-refractivity contribution in [3.05, 3.63) is 85.2 Å². The predicted octanol–water partition coefficient (Wildman–Crippen LogP) is 4.20. The van der Waals surface area contributed by atoms with Crippen molar-refractivity contribution < 1.29 is 0 Å². The van der Waals surface area contributed by atoms with Gasteiger partial charge in [0.15, 0.2) is 4.96 Å². The number of hydrogen-bond donors (Lipinski definition) is 0. The lowest BCUT2D eigenvalue weighted by Crippen LogP contribution is -2.22. The Bertz CT molecular complexity index is 1500. The first-order chi connectivity index (χ1) is 14.0. The molecule has 9 heteroatoms. The molecule has 5 aromatic rings. The van der Waals surface area contributed by atoms with Gasteiger partial charge in [0.05, 0.1) is 24.1 Å². The molecule has 0 atom stereocenters. The number of rotatable bonds is 3. The summed E-state index contributed by atoms with van der Waals surface area (Å²) in [5.41, 5.74) is 2.73. The fraction of sp³-hybridized carbons (Fsp3) is 0.100. The molecule has 1 aromatic carbocycles. The summed E-state index contributed by atoms with van der Waals surface area (Å²) in [4.78, 5) is 35.9. The van der Waals surface area contributed by atoms with Crippen LogP contribution in [0.2, 0.25) is 5.02 Å². The van der Waals surface area contributed by atoms with Crippen molar-refractivity contribution in [2.45, 2.75) is 13.5 Å². The van der Waals surface area contributed by atoms with E-state index in [0.717, 1.165) is 16.1 Å². The van der Waals surface area contributed by atoms with Crippen LogP contribution in [0.3, 0.4) is 0 Å². The Morgan fingerprint density at radius 1 is 1.14 bits per heavy atom. The molecule has 0 spiro atoms. The van der Waals surface area contributed by atoms with Crippen LogP contribution in [-0.2, 0) is 6.54 Å². The third-order valence-electron chi connectivity index (χ3n) is 4.59. The highest BCUT2D eigenvalue weighted by molar-refractivity contribution is 7.22. The molecule has 0 saturated heterocycles. The minimum atomic E-state index is -0.149. The lowest BCUT2D eigenvalue weighted by Gasteiger charge is -2.05. The van der Waals surface area contributed by atoms with Crippen LogP contribution < -0.4 is 11.1 Å². The molecule has 0 bridgehead atoms. The average molecular weight is 441 g/mol. The number of halogens is 1. The summed E-state index contributed by atoms with van der Waals surface area (Å²) < 4.78 is 3.63. The zero-order valence-electron chi connectivity index (χ0n) is 15.1. The monoisotopic (exact) mass is 440 g/mol. The van der Waals surface area contributed by atoms with E-state index in [1.165, 1.54) is 39.6 Å². The second-order valence-corrected chi connectivity index (χ2v) is 8.92. The van der Waals surface area contributed by atoms with Gasteiger partial charge in [0.2, 0.25) is 0 Å². The molecule has 0 aliphatic rings. The van der Waals surface area contributed by atoms with E-state index in [9.17, 15) is 9.59 Å². The fourth-order valence-electron chi connectivity index (χ4n) is 3.17. The Morgan fingerprint density at radius 2 is 1.93 bits per heavy atom. The molecule has 144 valence electrons. The van der Waals surface area contributed by atoms with Crippen LogP contribution in [0, 0.1) is 6.92 Å². The molecule has 29 heavy (non-hydrogen) atoms. The summed E-state index contributed by atoms with van der Waals surface area (Å²) in [6.07, 6.45) is 1.51. The van der Waals surface area contributed by atoms with Gasteiger partial charge in [-0.15, -0.1) is 22.7 Å².